The minimum Gasteiger partial charge on any atom is -0.370 e. The Morgan fingerprint density at radius 2 is 2.06 bits per heavy atom. The highest BCUT2D eigenvalue weighted by atomic mass is 35.5. The second-order valence-corrected chi connectivity index (χ2v) is 4.80. The highest BCUT2D eigenvalue weighted by molar-refractivity contribution is 7.07. The van der Waals surface area contributed by atoms with Crippen LogP contribution in [0.25, 0.3) is 0 Å². The molecule has 0 amide bonds. The normalized spacial score (nSPS) is 10.4. The Kier molecular flexibility index (Phi) is 3.86. The van der Waals surface area contributed by atoms with E-state index in [-0.39, 0.29) is 0 Å². The average molecular weight is 252 g/mol. The summed E-state index contributed by atoms with van der Waals surface area (Å²) < 4.78 is 0. The van der Waals surface area contributed by atoms with Crippen molar-refractivity contribution in [3.8, 4) is 0 Å². The predicted molar refractivity (Wildman–Crippen MR) is 72.4 cm³/mol. The highest BCUT2D eigenvalue weighted by Crippen LogP contribution is 2.22. The molecular weight excluding hydrogens is 238 g/mol. The maximum atomic E-state index is 5.93. The molecule has 0 fully saturated rings. The van der Waals surface area contributed by atoms with Gasteiger partial charge in [0.2, 0.25) is 0 Å². The third-order valence-corrected chi connectivity index (χ3v) is 3.57. The average Bonchev–Trinajstić information content (AvgIpc) is 2.81. The first kappa shape index (κ1) is 11.5. The summed E-state index contributed by atoms with van der Waals surface area (Å²) in [5.74, 6) is 0.560. The van der Waals surface area contributed by atoms with Crippen molar-refractivity contribution in [2.45, 2.75) is 12.4 Å². The summed E-state index contributed by atoms with van der Waals surface area (Å²) in [5.41, 5.74) is 3.74. The molecule has 84 valence electrons. The zero-order valence-corrected chi connectivity index (χ0v) is 10.8. The fraction of sp³-hybridized carbons (Fsp3) is 0.231. The van der Waals surface area contributed by atoms with Crippen LogP contribution < -0.4 is 4.90 Å². The Balaban J connectivity index is 2.17. The molecule has 0 unspecified atom stereocenters. The van der Waals surface area contributed by atoms with E-state index in [2.05, 4.69) is 47.0 Å². The number of rotatable bonds is 4. The zero-order chi connectivity index (χ0) is 11.4. The van der Waals surface area contributed by atoms with E-state index in [1.807, 2.05) is 6.07 Å². The van der Waals surface area contributed by atoms with Gasteiger partial charge in [0.1, 0.15) is 0 Å². The van der Waals surface area contributed by atoms with Crippen molar-refractivity contribution in [1.82, 2.24) is 0 Å². The van der Waals surface area contributed by atoms with Crippen LogP contribution in [0.15, 0.2) is 41.1 Å². The van der Waals surface area contributed by atoms with Gasteiger partial charge in [0, 0.05) is 25.2 Å². The molecule has 0 aliphatic rings. The van der Waals surface area contributed by atoms with Crippen LogP contribution in [-0.4, -0.2) is 7.05 Å². The van der Waals surface area contributed by atoms with Gasteiger partial charge in [-0.15, -0.1) is 11.6 Å². The molecule has 1 aromatic carbocycles. The fourth-order valence-electron chi connectivity index (χ4n) is 1.74. The van der Waals surface area contributed by atoms with Crippen LogP contribution in [0.4, 0.5) is 5.69 Å². The van der Waals surface area contributed by atoms with Gasteiger partial charge in [-0.25, -0.2) is 0 Å². The predicted octanol–water partition coefficient (Wildman–Crippen LogP) is 4.12. The van der Waals surface area contributed by atoms with Crippen molar-refractivity contribution in [2.75, 3.05) is 11.9 Å². The summed E-state index contributed by atoms with van der Waals surface area (Å²) in [6, 6.07) is 10.4. The van der Waals surface area contributed by atoms with Gasteiger partial charge in [0.15, 0.2) is 0 Å². The Morgan fingerprint density at radius 1 is 1.25 bits per heavy atom. The first-order valence-electron chi connectivity index (χ1n) is 5.17. The maximum Gasteiger partial charge on any atom is 0.0494 e. The number of thiophene rings is 1. The molecule has 0 saturated heterocycles. The molecule has 0 N–H and O–H groups in total. The van der Waals surface area contributed by atoms with E-state index in [4.69, 9.17) is 11.6 Å². The molecule has 1 aromatic heterocycles. The molecule has 3 heteroatoms. The van der Waals surface area contributed by atoms with Gasteiger partial charge in [-0.05, 0) is 34.0 Å². The van der Waals surface area contributed by atoms with Gasteiger partial charge in [-0.2, -0.15) is 11.3 Å². The number of para-hydroxylation sites is 1. The summed E-state index contributed by atoms with van der Waals surface area (Å²) in [6.07, 6.45) is 0. The molecule has 0 radical (unpaired) electrons. The minimum atomic E-state index is 0.560. The molecule has 16 heavy (non-hydrogen) atoms. The number of anilines is 1. The molecule has 2 aromatic rings. The molecule has 0 aliphatic heterocycles. The largest absolute Gasteiger partial charge is 0.370 e. The van der Waals surface area contributed by atoms with Crippen molar-refractivity contribution in [3.63, 3.8) is 0 Å². The lowest BCUT2D eigenvalue weighted by atomic mass is 10.2. The van der Waals surface area contributed by atoms with Crippen molar-refractivity contribution in [2.24, 2.45) is 0 Å². The fourth-order valence-corrected chi connectivity index (χ4v) is 2.62. The molecule has 1 heterocycles. The van der Waals surface area contributed by atoms with Crippen molar-refractivity contribution >= 4 is 28.6 Å². The van der Waals surface area contributed by atoms with Gasteiger partial charge >= 0.3 is 0 Å². The monoisotopic (exact) mass is 251 g/mol. The van der Waals surface area contributed by atoms with Crippen molar-refractivity contribution < 1.29 is 0 Å². The van der Waals surface area contributed by atoms with Crippen LogP contribution in [-0.2, 0) is 12.4 Å². The third kappa shape index (κ3) is 2.57. The number of alkyl halides is 1. The zero-order valence-electron chi connectivity index (χ0n) is 9.19. The number of nitrogens with zero attached hydrogens (tertiary/aromatic N) is 1. The number of hydrogen-bond acceptors (Lipinski definition) is 2. The topological polar surface area (TPSA) is 3.24 Å². The van der Waals surface area contributed by atoms with Crippen LogP contribution >= 0.6 is 22.9 Å². The van der Waals surface area contributed by atoms with Gasteiger partial charge in [-0.3, -0.25) is 0 Å². The van der Waals surface area contributed by atoms with Crippen LogP contribution in [0.1, 0.15) is 11.1 Å². The second-order valence-electron chi connectivity index (χ2n) is 3.75. The standard InChI is InChI=1S/C13H14ClNS/c1-15(9-11-6-7-16-10-11)13-5-3-2-4-12(13)8-14/h2-7,10H,8-9H2,1H3. The third-order valence-electron chi connectivity index (χ3n) is 2.55. The lowest BCUT2D eigenvalue weighted by Crippen LogP contribution is -2.17. The molecule has 0 bridgehead atoms. The van der Waals surface area contributed by atoms with E-state index < -0.39 is 0 Å². The summed E-state index contributed by atoms with van der Waals surface area (Å²) >= 11 is 7.67. The molecule has 0 atom stereocenters. The lowest BCUT2D eigenvalue weighted by molar-refractivity contribution is 0.920. The maximum absolute atomic E-state index is 5.93. The number of hydrogen-bond donors (Lipinski definition) is 0. The first-order valence-corrected chi connectivity index (χ1v) is 6.65. The number of benzene rings is 1. The van der Waals surface area contributed by atoms with Crippen LogP contribution in [0.3, 0.4) is 0 Å². The van der Waals surface area contributed by atoms with Crippen LogP contribution in [0, 0.1) is 0 Å². The first-order chi connectivity index (χ1) is 7.81. The van der Waals surface area contributed by atoms with Crippen LogP contribution in [0.5, 0.6) is 0 Å². The van der Waals surface area contributed by atoms with Crippen molar-refractivity contribution in [1.29, 1.82) is 0 Å². The van der Waals surface area contributed by atoms with Gasteiger partial charge in [-0.1, -0.05) is 18.2 Å². The summed E-state index contributed by atoms with van der Waals surface area (Å²) in [4.78, 5) is 2.24. The molecule has 0 saturated carbocycles. The SMILES string of the molecule is CN(Cc1ccsc1)c1ccccc1CCl. The molecule has 0 aliphatic carbocycles. The molecule has 2 rings (SSSR count). The molecular formula is C13H14ClNS. The quantitative estimate of drug-likeness (QED) is 0.739. The van der Waals surface area contributed by atoms with E-state index in [1.54, 1.807) is 11.3 Å². The van der Waals surface area contributed by atoms with E-state index in [0.717, 1.165) is 6.54 Å². The van der Waals surface area contributed by atoms with Gasteiger partial charge in [0.25, 0.3) is 0 Å². The van der Waals surface area contributed by atoms with E-state index in [9.17, 15) is 0 Å². The molecule has 1 nitrogen and oxygen atoms in total. The molecule has 0 spiro atoms. The van der Waals surface area contributed by atoms with Gasteiger partial charge in [0.05, 0.1) is 0 Å². The van der Waals surface area contributed by atoms with E-state index >= 15 is 0 Å². The number of halogens is 1. The highest BCUT2D eigenvalue weighted by Gasteiger charge is 2.06. The summed E-state index contributed by atoms with van der Waals surface area (Å²) in [7, 11) is 2.10. The summed E-state index contributed by atoms with van der Waals surface area (Å²) in [6.45, 7) is 0.928. The van der Waals surface area contributed by atoms with Crippen molar-refractivity contribution in [3.05, 3.63) is 52.2 Å². The smallest absolute Gasteiger partial charge is 0.0494 e. The summed E-state index contributed by atoms with van der Waals surface area (Å²) in [5, 5.41) is 4.29. The minimum absolute atomic E-state index is 0.560. The Hall–Kier alpha value is -0.990. The Labute approximate surface area is 105 Å². The van der Waals surface area contributed by atoms with E-state index in [1.165, 1.54) is 16.8 Å². The Bertz CT molecular complexity index is 439. The van der Waals surface area contributed by atoms with Crippen LogP contribution in [0.2, 0.25) is 0 Å². The Morgan fingerprint density at radius 3 is 2.75 bits per heavy atom. The lowest BCUT2D eigenvalue weighted by Gasteiger charge is -2.21. The van der Waals surface area contributed by atoms with Gasteiger partial charge < -0.3 is 4.90 Å². The second kappa shape index (κ2) is 5.37. The van der Waals surface area contributed by atoms with E-state index in [0.29, 0.717) is 5.88 Å².